The Bertz CT molecular complexity index is 608. The zero-order chi connectivity index (χ0) is 17.0. The lowest BCUT2D eigenvalue weighted by atomic mass is 10.1. The summed E-state index contributed by atoms with van der Waals surface area (Å²) in [6, 6.07) is 3.47. The monoisotopic (exact) mass is 342 g/mol. The molecule has 0 radical (unpaired) electrons. The fourth-order valence-electron chi connectivity index (χ4n) is 2.48. The molecule has 126 valence electrons. The molecule has 0 saturated carbocycles. The van der Waals surface area contributed by atoms with Crippen molar-refractivity contribution in [2.45, 2.75) is 6.54 Å². The van der Waals surface area contributed by atoms with Crippen LogP contribution in [0.1, 0.15) is 5.56 Å². The number of halogens is 1. The van der Waals surface area contributed by atoms with Gasteiger partial charge in [0.15, 0.2) is 11.5 Å². The number of methoxy groups -OCH3 is 2. The van der Waals surface area contributed by atoms with Crippen LogP contribution in [0.4, 0.5) is 0 Å². The second-order valence-electron chi connectivity index (χ2n) is 5.22. The summed E-state index contributed by atoms with van der Waals surface area (Å²) < 4.78 is 10.5. The number of amides is 1. The third-order valence-corrected chi connectivity index (χ3v) is 4.02. The van der Waals surface area contributed by atoms with Crippen LogP contribution in [-0.4, -0.2) is 67.2 Å². The SMILES string of the molecule is COc1cc(Cl)c(CN2CCN(CC(=O)O)C(=O)C2)cc1OC. The molecule has 7 nitrogen and oxygen atoms in total. The number of aliphatic carboxylic acids is 1. The van der Waals surface area contributed by atoms with Crippen LogP contribution in [0.2, 0.25) is 5.02 Å². The topological polar surface area (TPSA) is 79.3 Å². The third-order valence-electron chi connectivity index (χ3n) is 3.67. The normalized spacial score (nSPS) is 15.6. The van der Waals surface area contributed by atoms with E-state index in [2.05, 4.69) is 0 Å². The lowest BCUT2D eigenvalue weighted by Gasteiger charge is -2.33. The summed E-state index contributed by atoms with van der Waals surface area (Å²) >= 11 is 6.25. The minimum Gasteiger partial charge on any atom is -0.493 e. The number of piperazine rings is 1. The Morgan fingerprint density at radius 2 is 1.91 bits per heavy atom. The Kier molecular flexibility index (Phi) is 5.68. The van der Waals surface area contributed by atoms with Crippen LogP contribution in [0.15, 0.2) is 12.1 Å². The molecular weight excluding hydrogens is 324 g/mol. The third kappa shape index (κ3) is 4.27. The molecule has 8 heteroatoms. The summed E-state index contributed by atoms with van der Waals surface area (Å²) in [5.74, 6) is -0.0867. The van der Waals surface area contributed by atoms with E-state index in [-0.39, 0.29) is 19.0 Å². The Labute approximate surface area is 139 Å². The number of hydrogen-bond donors (Lipinski definition) is 1. The lowest BCUT2D eigenvalue weighted by molar-refractivity contribution is -0.147. The van der Waals surface area contributed by atoms with E-state index in [4.69, 9.17) is 26.2 Å². The van der Waals surface area contributed by atoms with Crippen molar-refractivity contribution < 1.29 is 24.2 Å². The number of carboxylic acid groups (broad SMARTS) is 1. The van der Waals surface area contributed by atoms with E-state index < -0.39 is 5.97 Å². The molecule has 1 aromatic carbocycles. The molecule has 0 aromatic heterocycles. The molecule has 0 bridgehead atoms. The number of ether oxygens (including phenoxy) is 2. The van der Waals surface area contributed by atoms with Crippen LogP contribution in [-0.2, 0) is 16.1 Å². The van der Waals surface area contributed by atoms with Gasteiger partial charge in [0.2, 0.25) is 5.91 Å². The molecule has 1 saturated heterocycles. The predicted octanol–water partition coefficient (Wildman–Crippen LogP) is 1.09. The van der Waals surface area contributed by atoms with E-state index in [9.17, 15) is 9.59 Å². The summed E-state index contributed by atoms with van der Waals surface area (Å²) in [4.78, 5) is 26.0. The Morgan fingerprint density at radius 1 is 1.26 bits per heavy atom. The first kappa shape index (κ1) is 17.4. The van der Waals surface area contributed by atoms with Crippen molar-refractivity contribution in [3.05, 3.63) is 22.7 Å². The van der Waals surface area contributed by atoms with Crippen LogP contribution in [0.3, 0.4) is 0 Å². The van der Waals surface area contributed by atoms with Crippen LogP contribution >= 0.6 is 11.6 Å². The zero-order valence-corrected chi connectivity index (χ0v) is 13.8. The van der Waals surface area contributed by atoms with Gasteiger partial charge in [-0.1, -0.05) is 11.6 Å². The van der Waals surface area contributed by atoms with Gasteiger partial charge in [0.05, 0.1) is 20.8 Å². The number of carboxylic acids is 1. The maximum atomic E-state index is 12.0. The Morgan fingerprint density at radius 3 is 2.48 bits per heavy atom. The van der Waals surface area contributed by atoms with Crippen LogP contribution in [0.25, 0.3) is 0 Å². The van der Waals surface area contributed by atoms with Gasteiger partial charge in [-0.3, -0.25) is 14.5 Å². The highest BCUT2D eigenvalue weighted by molar-refractivity contribution is 6.31. The molecule has 1 aliphatic rings. The average molecular weight is 343 g/mol. The van der Waals surface area contributed by atoms with Gasteiger partial charge in [-0.15, -0.1) is 0 Å². The van der Waals surface area contributed by atoms with E-state index in [0.29, 0.717) is 36.2 Å². The molecule has 1 amide bonds. The maximum Gasteiger partial charge on any atom is 0.323 e. The highest BCUT2D eigenvalue weighted by Crippen LogP contribution is 2.33. The summed E-state index contributed by atoms with van der Waals surface area (Å²) in [7, 11) is 3.08. The number of carbonyl (C=O) groups excluding carboxylic acids is 1. The number of rotatable bonds is 6. The number of benzene rings is 1. The van der Waals surface area contributed by atoms with Gasteiger partial charge in [0, 0.05) is 30.7 Å². The van der Waals surface area contributed by atoms with Gasteiger partial charge in [-0.25, -0.2) is 0 Å². The van der Waals surface area contributed by atoms with Crippen LogP contribution in [0.5, 0.6) is 11.5 Å². The summed E-state index contributed by atoms with van der Waals surface area (Å²) in [6.07, 6.45) is 0. The van der Waals surface area contributed by atoms with Gasteiger partial charge in [-0.2, -0.15) is 0 Å². The van der Waals surface area contributed by atoms with E-state index in [1.807, 2.05) is 4.90 Å². The molecule has 23 heavy (non-hydrogen) atoms. The van der Waals surface area contributed by atoms with Crippen molar-refractivity contribution in [2.75, 3.05) is 40.4 Å². The van der Waals surface area contributed by atoms with Gasteiger partial charge < -0.3 is 19.5 Å². The molecule has 2 rings (SSSR count). The molecule has 1 aromatic rings. The Hall–Kier alpha value is -1.99. The fourth-order valence-corrected chi connectivity index (χ4v) is 2.69. The molecule has 1 fully saturated rings. The molecule has 1 N–H and O–H groups in total. The number of nitrogens with zero attached hydrogens (tertiary/aromatic N) is 2. The zero-order valence-electron chi connectivity index (χ0n) is 13.0. The number of hydrogen-bond acceptors (Lipinski definition) is 5. The summed E-state index contributed by atoms with van der Waals surface area (Å²) in [6.45, 7) is 1.35. The van der Waals surface area contributed by atoms with E-state index in [1.54, 1.807) is 19.2 Å². The number of carbonyl (C=O) groups is 2. The van der Waals surface area contributed by atoms with Gasteiger partial charge in [-0.05, 0) is 11.6 Å². The van der Waals surface area contributed by atoms with Crippen molar-refractivity contribution in [2.24, 2.45) is 0 Å². The lowest BCUT2D eigenvalue weighted by Crippen LogP contribution is -2.51. The van der Waals surface area contributed by atoms with E-state index >= 15 is 0 Å². The predicted molar refractivity (Wildman–Crippen MR) is 84.0 cm³/mol. The fraction of sp³-hybridized carbons (Fsp3) is 0.467. The van der Waals surface area contributed by atoms with Crippen molar-refractivity contribution >= 4 is 23.5 Å². The molecule has 1 heterocycles. The van der Waals surface area contributed by atoms with Crippen molar-refractivity contribution in [1.82, 2.24) is 9.80 Å². The molecule has 0 unspecified atom stereocenters. The van der Waals surface area contributed by atoms with Crippen molar-refractivity contribution in [3.8, 4) is 11.5 Å². The first-order valence-corrected chi connectivity index (χ1v) is 7.44. The molecule has 1 aliphatic heterocycles. The first-order chi connectivity index (χ1) is 10.9. The maximum absolute atomic E-state index is 12.0. The second kappa shape index (κ2) is 7.52. The van der Waals surface area contributed by atoms with E-state index in [1.165, 1.54) is 12.0 Å². The summed E-state index contributed by atoms with van der Waals surface area (Å²) in [5.41, 5.74) is 0.823. The molecular formula is C15H19ClN2O5. The highest BCUT2D eigenvalue weighted by Gasteiger charge is 2.26. The molecule has 0 atom stereocenters. The molecule has 0 spiro atoms. The largest absolute Gasteiger partial charge is 0.493 e. The first-order valence-electron chi connectivity index (χ1n) is 7.07. The average Bonchev–Trinajstić information content (AvgIpc) is 2.51. The van der Waals surface area contributed by atoms with Gasteiger partial charge >= 0.3 is 5.97 Å². The minimum atomic E-state index is -1.00. The van der Waals surface area contributed by atoms with Gasteiger partial charge in [0.25, 0.3) is 0 Å². The van der Waals surface area contributed by atoms with Gasteiger partial charge in [0.1, 0.15) is 6.54 Å². The standard InChI is InChI=1S/C15H19ClN2O5/c1-22-12-5-10(11(16)6-13(12)23-2)7-17-3-4-18(9-15(20)21)14(19)8-17/h5-6H,3-4,7-9H2,1-2H3,(H,20,21). The minimum absolute atomic E-state index is 0.165. The van der Waals surface area contributed by atoms with Crippen molar-refractivity contribution in [1.29, 1.82) is 0 Å². The smallest absolute Gasteiger partial charge is 0.323 e. The highest BCUT2D eigenvalue weighted by atomic mass is 35.5. The van der Waals surface area contributed by atoms with E-state index in [0.717, 1.165) is 5.56 Å². The Balaban J connectivity index is 2.06. The second-order valence-corrected chi connectivity index (χ2v) is 5.63. The van der Waals surface area contributed by atoms with Crippen molar-refractivity contribution in [3.63, 3.8) is 0 Å². The molecule has 0 aliphatic carbocycles. The van der Waals surface area contributed by atoms with Crippen LogP contribution < -0.4 is 9.47 Å². The quantitative estimate of drug-likeness (QED) is 0.833. The summed E-state index contributed by atoms with van der Waals surface area (Å²) in [5, 5.41) is 9.31. The van der Waals surface area contributed by atoms with Crippen LogP contribution in [0, 0.1) is 0 Å².